The standard InChI is InChI=1S/C15H11Cl3N2O2.C2H6/c1-8-2-3-12(17)11(4-8)15(22)20-19-7-9-5-10(16)6-13(18)14(9)21;1-2/h2-7,21H,1H3,(H,20,22);1-2H3/b19-7+;. The van der Waals surface area contributed by atoms with Crippen LogP contribution in [0.3, 0.4) is 0 Å². The first-order chi connectivity index (χ1) is 11.4. The van der Waals surface area contributed by atoms with Crippen molar-refractivity contribution >= 4 is 46.9 Å². The van der Waals surface area contributed by atoms with Crippen LogP contribution in [0.2, 0.25) is 15.1 Å². The fourth-order valence-electron chi connectivity index (χ4n) is 1.72. The number of benzene rings is 2. The van der Waals surface area contributed by atoms with E-state index in [0.717, 1.165) is 5.56 Å². The molecule has 4 nitrogen and oxygen atoms in total. The number of phenols is 1. The lowest BCUT2D eigenvalue weighted by atomic mass is 10.1. The molecule has 0 heterocycles. The van der Waals surface area contributed by atoms with Gasteiger partial charge in [-0.05, 0) is 31.2 Å². The minimum atomic E-state index is -0.461. The number of amides is 1. The quantitative estimate of drug-likeness (QED) is 0.543. The van der Waals surface area contributed by atoms with Crippen molar-refractivity contribution in [2.75, 3.05) is 0 Å². The van der Waals surface area contributed by atoms with Crippen LogP contribution >= 0.6 is 34.8 Å². The largest absolute Gasteiger partial charge is 0.506 e. The summed E-state index contributed by atoms with van der Waals surface area (Å²) in [4.78, 5) is 12.0. The van der Waals surface area contributed by atoms with Gasteiger partial charge in [-0.15, -0.1) is 0 Å². The first-order valence-corrected chi connectivity index (χ1v) is 8.29. The van der Waals surface area contributed by atoms with Crippen molar-refractivity contribution < 1.29 is 9.90 Å². The van der Waals surface area contributed by atoms with Gasteiger partial charge >= 0.3 is 0 Å². The fraction of sp³-hybridized carbons (Fsp3) is 0.176. The Morgan fingerprint density at radius 3 is 2.46 bits per heavy atom. The van der Waals surface area contributed by atoms with E-state index in [0.29, 0.717) is 15.6 Å². The van der Waals surface area contributed by atoms with Crippen LogP contribution in [0.15, 0.2) is 35.4 Å². The molecule has 0 radical (unpaired) electrons. The van der Waals surface area contributed by atoms with E-state index in [1.807, 2.05) is 20.8 Å². The molecule has 2 N–H and O–H groups in total. The van der Waals surface area contributed by atoms with E-state index in [1.165, 1.54) is 18.3 Å². The minimum Gasteiger partial charge on any atom is -0.506 e. The van der Waals surface area contributed by atoms with E-state index in [1.54, 1.807) is 18.2 Å². The number of hydrogen-bond acceptors (Lipinski definition) is 3. The molecule has 0 saturated heterocycles. The van der Waals surface area contributed by atoms with Crippen LogP contribution in [0.25, 0.3) is 0 Å². The van der Waals surface area contributed by atoms with E-state index in [4.69, 9.17) is 34.8 Å². The van der Waals surface area contributed by atoms with Crippen LogP contribution in [0, 0.1) is 6.92 Å². The molecule has 0 fully saturated rings. The molecule has 0 aromatic heterocycles. The minimum absolute atomic E-state index is 0.0991. The second-order valence-corrected chi connectivity index (χ2v) is 5.76. The summed E-state index contributed by atoms with van der Waals surface area (Å²) in [5, 5.41) is 14.3. The van der Waals surface area contributed by atoms with Gasteiger partial charge < -0.3 is 5.11 Å². The Bertz CT molecular complexity index is 762. The van der Waals surface area contributed by atoms with Gasteiger partial charge in [-0.3, -0.25) is 4.79 Å². The number of phenolic OH excluding ortho intramolecular Hbond substituents is 1. The molecule has 0 aliphatic rings. The van der Waals surface area contributed by atoms with Crippen LogP contribution in [-0.4, -0.2) is 17.2 Å². The molecule has 0 spiro atoms. The van der Waals surface area contributed by atoms with Gasteiger partial charge in [-0.1, -0.05) is 60.3 Å². The molecule has 0 unspecified atom stereocenters. The number of aromatic hydroxyl groups is 1. The van der Waals surface area contributed by atoms with Crippen molar-refractivity contribution in [2.24, 2.45) is 5.10 Å². The topological polar surface area (TPSA) is 61.7 Å². The molecule has 1 amide bonds. The maximum absolute atomic E-state index is 12.0. The molecular formula is C17H17Cl3N2O2. The molecule has 0 saturated carbocycles. The highest BCUT2D eigenvalue weighted by Crippen LogP contribution is 2.29. The first kappa shape index (κ1) is 20.3. The fourth-order valence-corrected chi connectivity index (χ4v) is 2.43. The molecule has 0 bridgehead atoms. The monoisotopic (exact) mass is 386 g/mol. The number of rotatable bonds is 3. The van der Waals surface area contributed by atoms with E-state index < -0.39 is 5.91 Å². The van der Waals surface area contributed by atoms with Crippen molar-refractivity contribution in [2.45, 2.75) is 20.8 Å². The number of carbonyl (C=O) groups excluding carboxylic acids is 1. The number of hydrazone groups is 1. The lowest BCUT2D eigenvalue weighted by Crippen LogP contribution is -2.18. The highest BCUT2D eigenvalue weighted by molar-refractivity contribution is 6.36. The Morgan fingerprint density at radius 1 is 1.12 bits per heavy atom. The van der Waals surface area contributed by atoms with Crippen LogP contribution < -0.4 is 5.43 Å². The molecule has 0 aliphatic carbocycles. The van der Waals surface area contributed by atoms with E-state index >= 15 is 0 Å². The summed E-state index contributed by atoms with van der Waals surface area (Å²) in [6, 6.07) is 7.96. The summed E-state index contributed by atoms with van der Waals surface area (Å²) in [5.74, 6) is -0.629. The Balaban J connectivity index is 0.00000139. The second-order valence-electron chi connectivity index (χ2n) is 4.51. The zero-order valence-corrected chi connectivity index (χ0v) is 15.7. The number of carbonyl (C=O) groups is 1. The smallest absolute Gasteiger partial charge is 0.272 e. The van der Waals surface area contributed by atoms with Crippen LogP contribution in [0.1, 0.15) is 35.3 Å². The number of halogens is 3. The first-order valence-electron chi connectivity index (χ1n) is 7.16. The lowest BCUT2D eigenvalue weighted by Gasteiger charge is -2.05. The molecule has 2 aromatic carbocycles. The van der Waals surface area contributed by atoms with Gasteiger partial charge in [0.2, 0.25) is 0 Å². The summed E-state index contributed by atoms with van der Waals surface area (Å²) < 4.78 is 0. The normalized spacial score (nSPS) is 10.2. The molecule has 0 atom stereocenters. The molecular weight excluding hydrogens is 371 g/mol. The van der Waals surface area contributed by atoms with Gasteiger partial charge in [-0.25, -0.2) is 5.43 Å². The Kier molecular flexibility index (Phi) is 8.05. The average molecular weight is 388 g/mol. The molecule has 2 rings (SSSR count). The van der Waals surface area contributed by atoms with E-state index in [-0.39, 0.29) is 16.3 Å². The van der Waals surface area contributed by atoms with E-state index in [2.05, 4.69) is 10.5 Å². The summed E-state index contributed by atoms with van der Waals surface area (Å²) in [5.41, 5.74) is 3.83. The predicted molar refractivity (Wildman–Crippen MR) is 101 cm³/mol. The van der Waals surface area contributed by atoms with Crippen molar-refractivity contribution in [3.8, 4) is 5.75 Å². The number of nitrogens with one attached hydrogen (secondary N) is 1. The summed E-state index contributed by atoms with van der Waals surface area (Å²) in [6.45, 7) is 5.85. The van der Waals surface area contributed by atoms with Crippen molar-refractivity contribution in [1.29, 1.82) is 0 Å². The second kappa shape index (κ2) is 9.52. The molecule has 0 aliphatic heterocycles. The lowest BCUT2D eigenvalue weighted by molar-refractivity contribution is 0.0955. The third-order valence-corrected chi connectivity index (χ3v) is 3.63. The van der Waals surface area contributed by atoms with Crippen molar-refractivity contribution in [3.63, 3.8) is 0 Å². The summed E-state index contributed by atoms with van der Waals surface area (Å²) in [6.07, 6.45) is 1.24. The van der Waals surface area contributed by atoms with Crippen molar-refractivity contribution in [1.82, 2.24) is 5.43 Å². The predicted octanol–water partition coefficient (Wildman–Crippen LogP) is 5.45. The maximum Gasteiger partial charge on any atom is 0.272 e. The van der Waals surface area contributed by atoms with Gasteiger partial charge in [0.1, 0.15) is 5.75 Å². The van der Waals surface area contributed by atoms with E-state index in [9.17, 15) is 9.90 Å². The van der Waals surface area contributed by atoms with Crippen molar-refractivity contribution in [3.05, 3.63) is 62.1 Å². The zero-order valence-electron chi connectivity index (χ0n) is 13.4. The van der Waals surface area contributed by atoms with Gasteiger partial charge in [0.15, 0.2) is 0 Å². The SMILES string of the molecule is CC.Cc1ccc(Cl)c(C(=O)N/N=C/c2cc(Cl)cc(Cl)c2O)c1. The summed E-state index contributed by atoms with van der Waals surface area (Å²) >= 11 is 17.6. The third kappa shape index (κ3) is 5.41. The molecule has 7 heteroatoms. The average Bonchev–Trinajstić information content (AvgIpc) is 2.56. The van der Waals surface area contributed by atoms with Gasteiger partial charge in [0.05, 0.1) is 21.8 Å². The van der Waals surface area contributed by atoms with Crippen LogP contribution in [0.4, 0.5) is 0 Å². The zero-order chi connectivity index (χ0) is 18.3. The summed E-state index contributed by atoms with van der Waals surface area (Å²) in [7, 11) is 0. The van der Waals surface area contributed by atoms with Crippen LogP contribution in [-0.2, 0) is 0 Å². The Labute approximate surface area is 156 Å². The molecule has 24 heavy (non-hydrogen) atoms. The number of hydrogen-bond donors (Lipinski definition) is 2. The van der Waals surface area contributed by atoms with Gasteiger partial charge in [-0.2, -0.15) is 5.10 Å². The van der Waals surface area contributed by atoms with Gasteiger partial charge in [0.25, 0.3) is 5.91 Å². The number of nitrogens with zero attached hydrogens (tertiary/aromatic N) is 1. The van der Waals surface area contributed by atoms with Crippen LogP contribution in [0.5, 0.6) is 5.75 Å². The molecule has 2 aromatic rings. The Morgan fingerprint density at radius 2 is 1.79 bits per heavy atom. The highest BCUT2D eigenvalue weighted by Gasteiger charge is 2.10. The third-order valence-electron chi connectivity index (χ3n) is 2.79. The Hall–Kier alpha value is -1.75. The highest BCUT2D eigenvalue weighted by atomic mass is 35.5. The number of aryl methyl sites for hydroxylation is 1. The maximum atomic E-state index is 12.0. The van der Waals surface area contributed by atoms with Gasteiger partial charge in [0, 0.05) is 10.6 Å². The molecule has 128 valence electrons.